The molecule has 0 radical (unpaired) electrons. The van der Waals surface area contributed by atoms with Gasteiger partial charge >= 0.3 is 0 Å². The molecule has 0 spiro atoms. The van der Waals surface area contributed by atoms with E-state index in [0.29, 0.717) is 0 Å². The lowest BCUT2D eigenvalue weighted by Crippen LogP contribution is -2.64. The second kappa shape index (κ2) is 11.0. The number of aliphatic hydroxyl groups excluding tert-OH is 10. The molecular weight excluding hydrogens is 456 g/mol. The van der Waals surface area contributed by atoms with E-state index < -0.39 is 105 Å². The Hall–Kier alpha value is -0.600. The van der Waals surface area contributed by atoms with Crippen LogP contribution in [0.25, 0.3) is 0 Å². The molecule has 1 unspecified atom stereocenters. The smallest absolute Gasteiger partial charge is 0.189 e. The van der Waals surface area contributed by atoms with Gasteiger partial charge in [0.05, 0.1) is 19.3 Å². The van der Waals surface area contributed by atoms with Crippen LogP contribution in [0.1, 0.15) is 6.92 Å². The summed E-state index contributed by atoms with van der Waals surface area (Å²) >= 11 is 0. The molecule has 3 heterocycles. The molecule has 0 saturated carbocycles. The molecule has 33 heavy (non-hydrogen) atoms. The van der Waals surface area contributed by atoms with Gasteiger partial charge in [-0.1, -0.05) is 0 Å². The number of ether oxygens (including phenoxy) is 5. The molecule has 3 aliphatic heterocycles. The molecular formula is C18H32O15. The Kier molecular flexibility index (Phi) is 8.99. The molecule has 0 aliphatic carbocycles. The van der Waals surface area contributed by atoms with Crippen molar-refractivity contribution in [2.24, 2.45) is 0 Å². The van der Waals surface area contributed by atoms with Crippen LogP contribution >= 0.6 is 0 Å². The van der Waals surface area contributed by atoms with Gasteiger partial charge in [-0.2, -0.15) is 0 Å². The van der Waals surface area contributed by atoms with Gasteiger partial charge in [0.25, 0.3) is 0 Å². The van der Waals surface area contributed by atoms with E-state index >= 15 is 0 Å². The monoisotopic (exact) mass is 488 g/mol. The fraction of sp³-hybridized carbons (Fsp3) is 1.00. The maximum absolute atomic E-state index is 10.2. The number of rotatable bonds is 6. The molecule has 3 saturated heterocycles. The molecule has 0 aromatic heterocycles. The number of hydrogen-bond acceptors (Lipinski definition) is 15. The molecule has 0 amide bonds. The van der Waals surface area contributed by atoms with Crippen molar-refractivity contribution >= 4 is 0 Å². The molecule has 3 rings (SSSR count). The fourth-order valence-electron chi connectivity index (χ4n) is 3.82. The third kappa shape index (κ3) is 5.48. The first-order chi connectivity index (χ1) is 15.5. The van der Waals surface area contributed by atoms with Crippen molar-refractivity contribution in [3.8, 4) is 0 Å². The summed E-state index contributed by atoms with van der Waals surface area (Å²) in [4.78, 5) is 0. The van der Waals surface area contributed by atoms with Crippen LogP contribution in [0.4, 0.5) is 0 Å². The third-order valence-corrected chi connectivity index (χ3v) is 6.02. The van der Waals surface area contributed by atoms with E-state index in [1.165, 1.54) is 6.92 Å². The highest BCUT2D eigenvalue weighted by Crippen LogP contribution is 2.29. The molecule has 0 aromatic rings. The van der Waals surface area contributed by atoms with Crippen molar-refractivity contribution in [1.82, 2.24) is 0 Å². The molecule has 0 aromatic carbocycles. The Morgan fingerprint density at radius 2 is 1.00 bits per heavy atom. The third-order valence-electron chi connectivity index (χ3n) is 6.02. The average molecular weight is 488 g/mol. The lowest BCUT2D eigenvalue weighted by atomic mass is 9.98. The Morgan fingerprint density at radius 3 is 1.55 bits per heavy atom. The summed E-state index contributed by atoms with van der Waals surface area (Å²) in [6.07, 6.45) is -23.5. The number of aliphatic hydroxyl groups is 10. The second-order valence-corrected chi connectivity index (χ2v) is 8.36. The molecule has 0 bridgehead atoms. The van der Waals surface area contributed by atoms with E-state index in [4.69, 9.17) is 23.7 Å². The van der Waals surface area contributed by atoms with Crippen molar-refractivity contribution in [3.05, 3.63) is 0 Å². The van der Waals surface area contributed by atoms with Gasteiger partial charge in [0, 0.05) is 0 Å². The number of hydrogen-bond donors (Lipinski definition) is 10. The van der Waals surface area contributed by atoms with Crippen LogP contribution in [0.15, 0.2) is 0 Å². The van der Waals surface area contributed by atoms with Crippen LogP contribution in [0.2, 0.25) is 0 Å². The Balaban J connectivity index is 1.64. The maximum Gasteiger partial charge on any atom is 0.189 e. The van der Waals surface area contributed by atoms with Crippen molar-refractivity contribution < 1.29 is 74.7 Å². The average Bonchev–Trinajstić information content (AvgIpc) is 2.80. The van der Waals surface area contributed by atoms with Gasteiger partial charge in [0.1, 0.15) is 67.1 Å². The standard InChI is InChI=1S/C18H32O15/c1-4-7(20)10(23)13(26)16(30-4)29-3-6-9(22)12(25)15(28)18(32-6)33-17-14(27)11(24)8(21)5(2-19)31-17/h4-28H,2-3H2,1H3/t4-,5+,6+,7-,8+,9+,10+,11-,12-,13+,14+,15+,16+,17-,18?/m0/s1. The van der Waals surface area contributed by atoms with E-state index in [1.807, 2.05) is 0 Å². The van der Waals surface area contributed by atoms with Crippen LogP contribution in [0.3, 0.4) is 0 Å². The highest BCUT2D eigenvalue weighted by atomic mass is 16.8. The van der Waals surface area contributed by atoms with Gasteiger partial charge in [0.2, 0.25) is 0 Å². The molecule has 10 N–H and O–H groups in total. The molecule has 3 fully saturated rings. The SMILES string of the molecule is C[C@@H]1O[C@@H](OC[C@H]2OC(O[C@@H]3O[C@H](CO)[C@@H](O)[C@H](O)[C@H]3O)[C@H](O)[C@@H](O)[C@@H]2O)[C@H](O)[C@H](O)[C@H]1O. The van der Waals surface area contributed by atoms with Crippen LogP contribution < -0.4 is 0 Å². The summed E-state index contributed by atoms with van der Waals surface area (Å²) in [5.74, 6) is 0. The van der Waals surface area contributed by atoms with Crippen LogP contribution in [-0.2, 0) is 23.7 Å². The predicted molar refractivity (Wildman–Crippen MR) is 99.8 cm³/mol. The van der Waals surface area contributed by atoms with E-state index in [1.54, 1.807) is 0 Å². The summed E-state index contributed by atoms with van der Waals surface area (Å²) in [7, 11) is 0. The molecule has 15 atom stereocenters. The fourth-order valence-corrected chi connectivity index (χ4v) is 3.82. The van der Waals surface area contributed by atoms with Crippen LogP contribution in [-0.4, -0.2) is 156 Å². The Labute approximate surface area is 187 Å². The highest BCUT2D eigenvalue weighted by molar-refractivity contribution is 4.93. The van der Waals surface area contributed by atoms with E-state index in [9.17, 15) is 51.1 Å². The van der Waals surface area contributed by atoms with Crippen molar-refractivity contribution in [2.45, 2.75) is 99.0 Å². The minimum absolute atomic E-state index is 0.531. The normalized spacial score (nSPS) is 53.7. The first-order valence-electron chi connectivity index (χ1n) is 10.4. The zero-order valence-corrected chi connectivity index (χ0v) is 17.6. The van der Waals surface area contributed by atoms with Gasteiger partial charge in [-0.3, -0.25) is 0 Å². The van der Waals surface area contributed by atoms with E-state index in [2.05, 4.69) is 0 Å². The predicted octanol–water partition coefficient (Wildman–Crippen LogP) is -6.55. The molecule has 194 valence electrons. The van der Waals surface area contributed by atoms with Gasteiger partial charge in [-0.15, -0.1) is 0 Å². The zero-order chi connectivity index (χ0) is 24.6. The first kappa shape index (κ1) is 27.0. The second-order valence-electron chi connectivity index (χ2n) is 8.36. The summed E-state index contributed by atoms with van der Waals surface area (Å²) in [5, 5.41) is 99.3. The molecule has 15 nitrogen and oxygen atoms in total. The topological polar surface area (TPSA) is 248 Å². The highest BCUT2D eigenvalue weighted by Gasteiger charge is 2.50. The largest absolute Gasteiger partial charge is 0.394 e. The van der Waals surface area contributed by atoms with Gasteiger partial charge in [-0.05, 0) is 6.92 Å². The molecule has 3 aliphatic rings. The van der Waals surface area contributed by atoms with E-state index in [-0.39, 0.29) is 0 Å². The lowest BCUT2D eigenvalue weighted by Gasteiger charge is -2.45. The van der Waals surface area contributed by atoms with Gasteiger partial charge in [0.15, 0.2) is 18.9 Å². The summed E-state index contributed by atoms with van der Waals surface area (Å²) in [5.41, 5.74) is 0. The van der Waals surface area contributed by atoms with Gasteiger partial charge < -0.3 is 74.7 Å². The van der Waals surface area contributed by atoms with Crippen molar-refractivity contribution in [1.29, 1.82) is 0 Å². The maximum atomic E-state index is 10.2. The quantitative estimate of drug-likeness (QED) is 0.167. The summed E-state index contributed by atoms with van der Waals surface area (Å²) in [6, 6.07) is 0. The summed E-state index contributed by atoms with van der Waals surface area (Å²) in [6.45, 7) is 0.183. The first-order valence-corrected chi connectivity index (χ1v) is 10.4. The Morgan fingerprint density at radius 1 is 0.545 bits per heavy atom. The minimum atomic E-state index is -1.84. The van der Waals surface area contributed by atoms with E-state index in [0.717, 1.165) is 0 Å². The van der Waals surface area contributed by atoms with Crippen LogP contribution in [0, 0.1) is 0 Å². The van der Waals surface area contributed by atoms with Crippen molar-refractivity contribution in [2.75, 3.05) is 13.2 Å². The lowest BCUT2D eigenvalue weighted by molar-refractivity contribution is -0.380. The summed E-state index contributed by atoms with van der Waals surface area (Å²) < 4.78 is 26.5. The van der Waals surface area contributed by atoms with Crippen molar-refractivity contribution in [3.63, 3.8) is 0 Å². The Bertz CT molecular complexity index is 624. The van der Waals surface area contributed by atoms with Gasteiger partial charge in [-0.25, -0.2) is 0 Å². The zero-order valence-electron chi connectivity index (χ0n) is 17.6. The van der Waals surface area contributed by atoms with Crippen LogP contribution in [0.5, 0.6) is 0 Å². The minimum Gasteiger partial charge on any atom is -0.394 e. The molecule has 15 heteroatoms.